The largest absolute Gasteiger partial charge is 0.573 e. The summed E-state index contributed by atoms with van der Waals surface area (Å²) in [5, 5.41) is 0. The molecule has 0 atom stereocenters. The Hall–Kier alpha value is -0.230. The average Bonchev–Trinajstić information content (AvgIpc) is 1.96. The third-order valence-electron chi connectivity index (χ3n) is 1.08. The summed E-state index contributed by atoms with van der Waals surface area (Å²) in [4.78, 5) is 0. The normalized spacial score (nSPS) is 11.5. The van der Waals surface area contributed by atoms with Crippen LogP contribution in [-0.4, -0.2) is 6.36 Å². The van der Waals surface area contributed by atoms with Gasteiger partial charge in [0.1, 0.15) is 5.75 Å². The zero-order valence-electron chi connectivity index (χ0n) is 5.95. The van der Waals surface area contributed by atoms with Gasteiger partial charge in [0.2, 0.25) is 0 Å². The molecular formula is C7H2Br2F3O. The predicted molar refractivity (Wildman–Crippen MR) is 47.4 cm³/mol. The first-order chi connectivity index (χ1) is 5.90. The summed E-state index contributed by atoms with van der Waals surface area (Å²) in [6.45, 7) is 0. The summed E-state index contributed by atoms with van der Waals surface area (Å²) in [5.41, 5.74) is 0. The molecule has 1 aromatic rings. The molecule has 1 radical (unpaired) electrons. The zero-order chi connectivity index (χ0) is 10.1. The van der Waals surface area contributed by atoms with Crippen LogP contribution in [0.15, 0.2) is 21.1 Å². The van der Waals surface area contributed by atoms with Gasteiger partial charge in [0.25, 0.3) is 0 Å². The number of ether oxygens (including phenoxy) is 1. The Bertz CT molecular complexity index is 311. The van der Waals surface area contributed by atoms with E-state index in [9.17, 15) is 13.2 Å². The van der Waals surface area contributed by atoms with Crippen LogP contribution in [0, 0.1) is 6.07 Å². The molecule has 6 heteroatoms. The van der Waals surface area contributed by atoms with Crippen molar-refractivity contribution in [1.29, 1.82) is 0 Å². The average molecular weight is 319 g/mol. The van der Waals surface area contributed by atoms with Gasteiger partial charge in [-0.2, -0.15) is 0 Å². The lowest BCUT2D eigenvalue weighted by atomic mass is 10.3. The first kappa shape index (κ1) is 10.8. The molecule has 1 rings (SSSR count). The van der Waals surface area contributed by atoms with Crippen LogP contribution in [-0.2, 0) is 0 Å². The minimum absolute atomic E-state index is 0.187. The van der Waals surface area contributed by atoms with Gasteiger partial charge in [0, 0.05) is 4.47 Å². The highest BCUT2D eigenvalue weighted by atomic mass is 79.9. The van der Waals surface area contributed by atoms with Crippen molar-refractivity contribution in [2.45, 2.75) is 6.36 Å². The van der Waals surface area contributed by atoms with Crippen LogP contribution < -0.4 is 4.74 Å². The number of alkyl halides is 3. The van der Waals surface area contributed by atoms with Gasteiger partial charge in [-0.15, -0.1) is 13.2 Å². The van der Waals surface area contributed by atoms with Crippen LogP contribution in [0.4, 0.5) is 13.2 Å². The number of rotatable bonds is 1. The maximum atomic E-state index is 11.8. The van der Waals surface area contributed by atoms with E-state index in [4.69, 9.17) is 0 Å². The monoisotopic (exact) mass is 317 g/mol. The second-order valence-corrected chi connectivity index (χ2v) is 3.60. The van der Waals surface area contributed by atoms with Crippen LogP contribution in [0.3, 0.4) is 0 Å². The van der Waals surface area contributed by atoms with Crippen LogP contribution in [0.25, 0.3) is 0 Å². The number of halogens is 5. The zero-order valence-corrected chi connectivity index (χ0v) is 9.12. The van der Waals surface area contributed by atoms with Crippen molar-refractivity contribution >= 4 is 31.9 Å². The van der Waals surface area contributed by atoms with E-state index >= 15 is 0 Å². The summed E-state index contributed by atoms with van der Waals surface area (Å²) >= 11 is 5.93. The lowest BCUT2D eigenvalue weighted by Crippen LogP contribution is -2.17. The van der Waals surface area contributed by atoms with E-state index in [0.717, 1.165) is 0 Å². The van der Waals surface area contributed by atoms with Gasteiger partial charge in [0.15, 0.2) is 0 Å². The fourth-order valence-electron chi connectivity index (χ4n) is 0.639. The van der Waals surface area contributed by atoms with Gasteiger partial charge in [0.05, 0.1) is 4.47 Å². The molecule has 0 spiro atoms. The van der Waals surface area contributed by atoms with Crippen molar-refractivity contribution in [1.82, 2.24) is 0 Å². The molecule has 0 fully saturated rings. The first-order valence-corrected chi connectivity index (χ1v) is 4.60. The Labute approximate surface area is 89.1 Å². The fraction of sp³-hybridized carbons (Fsp3) is 0.143. The fourth-order valence-corrected chi connectivity index (χ4v) is 1.29. The van der Waals surface area contributed by atoms with Crippen molar-refractivity contribution in [3.8, 4) is 5.75 Å². The van der Waals surface area contributed by atoms with E-state index in [2.05, 4.69) is 42.7 Å². The molecule has 0 bridgehead atoms. The summed E-state index contributed by atoms with van der Waals surface area (Å²) in [5.74, 6) is -0.293. The van der Waals surface area contributed by atoms with Gasteiger partial charge < -0.3 is 4.74 Å². The van der Waals surface area contributed by atoms with Crippen LogP contribution >= 0.6 is 31.9 Å². The molecule has 0 aliphatic heterocycles. The van der Waals surface area contributed by atoms with Gasteiger partial charge in [-0.05, 0) is 50.1 Å². The molecule has 0 N–H and O–H groups in total. The minimum atomic E-state index is -4.68. The Morgan fingerprint density at radius 3 is 2.46 bits per heavy atom. The second kappa shape index (κ2) is 3.88. The van der Waals surface area contributed by atoms with E-state index in [1.54, 1.807) is 0 Å². The molecule has 1 aromatic carbocycles. The molecule has 0 aromatic heterocycles. The van der Waals surface area contributed by atoms with Gasteiger partial charge in [-0.25, -0.2) is 0 Å². The maximum Gasteiger partial charge on any atom is 0.573 e. The van der Waals surface area contributed by atoms with E-state index in [1.165, 1.54) is 12.1 Å². The van der Waals surface area contributed by atoms with E-state index < -0.39 is 6.36 Å². The van der Waals surface area contributed by atoms with Gasteiger partial charge in [-0.1, -0.05) is 0 Å². The van der Waals surface area contributed by atoms with E-state index in [0.29, 0.717) is 4.47 Å². The number of hydrogen-bond donors (Lipinski definition) is 0. The highest BCUT2D eigenvalue weighted by Gasteiger charge is 2.32. The number of hydrogen-bond acceptors (Lipinski definition) is 1. The third kappa shape index (κ3) is 3.19. The topological polar surface area (TPSA) is 9.23 Å². The van der Waals surface area contributed by atoms with Crippen LogP contribution in [0.2, 0.25) is 0 Å². The van der Waals surface area contributed by atoms with E-state index in [1.807, 2.05) is 0 Å². The Morgan fingerprint density at radius 2 is 1.92 bits per heavy atom. The van der Waals surface area contributed by atoms with Crippen molar-refractivity contribution in [2.24, 2.45) is 0 Å². The lowest BCUT2D eigenvalue weighted by molar-refractivity contribution is -0.274. The molecular weight excluding hydrogens is 317 g/mol. The smallest absolute Gasteiger partial charge is 0.405 e. The van der Waals surface area contributed by atoms with Crippen molar-refractivity contribution in [3.63, 3.8) is 0 Å². The molecule has 0 saturated heterocycles. The van der Waals surface area contributed by atoms with Crippen molar-refractivity contribution in [2.75, 3.05) is 0 Å². The summed E-state index contributed by atoms with van der Waals surface area (Å²) in [6.07, 6.45) is -4.68. The Balaban J connectivity index is 2.96. The SMILES string of the molecule is FC(F)(F)Oc1cc[c]c(Br)c1Br. The Kier molecular flexibility index (Phi) is 3.23. The predicted octanol–water partition coefficient (Wildman–Crippen LogP) is 3.91. The molecule has 0 saturated carbocycles. The second-order valence-electron chi connectivity index (χ2n) is 2.02. The van der Waals surface area contributed by atoms with Gasteiger partial charge in [-0.3, -0.25) is 0 Å². The van der Waals surface area contributed by atoms with Gasteiger partial charge >= 0.3 is 6.36 Å². The molecule has 13 heavy (non-hydrogen) atoms. The summed E-state index contributed by atoms with van der Waals surface area (Å²) in [7, 11) is 0. The van der Waals surface area contributed by atoms with E-state index in [-0.39, 0.29) is 10.2 Å². The maximum absolute atomic E-state index is 11.8. The Morgan fingerprint density at radius 1 is 1.31 bits per heavy atom. The molecule has 0 heterocycles. The molecule has 71 valence electrons. The van der Waals surface area contributed by atoms with Crippen LogP contribution in [0.1, 0.15) is 0 Å². The minimum Gasteiger partial charge on any atom is -0.405 e. The van der Waals surface area contributed by atoms with Crippen LogP contribution in [0.5, 0.6) is 5.75 Å². The first-order valence-electron chi connectivity index (χ1n) is 3.01. The standard InChI is InChI=1S/C7H2Br2F3O/c8-4-2-1-3-5(6(4)9)13-7(10,11)12/h1,3H. The highest BCUT2D eigenvalue weighted by molar-refractivity contribution is 9.13. The molecule has 0 unspecified atom stereocenters. The van der Waals surface area contributed by atoms with Crippen molar-refractivity contribution < 1.29 is 17.9 Å². The highest BCUT2D eigenvalue weighted by Crippen LogP contribution is 2.34. The third-order valence-corrected chi connectivity index (χ3v) is 3.02. The summed E-state index contributed by atoms with van der Waals surface area (Å²) in [6, 6.07) is 5.15. The lowest BCUT2D eigenvalue weighted by Gasteiger charge is -2.10. The van der Waals surface area contributed by atoms with Crippen molar-refractivity contribution in [3.05, 3.63) is 27.1 Å². The molecule has 1 nitrogen and oxygen atoms in total. The summed E-state index contributed by atoms with van der Waals surface area (Å²) < 4.78 is 39.6. The molecule has 0 aliphatic rings. The quantitative estimate of drug-likeness (QED) is 0.763. The molecule has 0 amide bonds. The number of benzene rings is 1. The molecule has 0 aliphatic carbocycles.